The third-order valence-electron chi connectivity index (χ3n) is 5.75. The number of allylic oxidation sites excluding steroid dienone is 2. The molecule has 3 rings (SSSR count). The van der Waals surface area contributed by atoms with Crippen molar-refractivity contribution in [1.29, 1.82) is 0 Å². The van der Waals surface area contributed by atoms with Crippen LogP contribution in [0.2, 0.25) is 0 Å². The number of rotatable bonds is 7. The lowest BCUT2D eigenvalue weighted by Gasteiger charge is -2.20. The third kappa shape index (κ3) is 3.22. The van der Waals surface area contributed by atoms with Crippen molar-refractivity contribution < 1.29 is 13.5 Å². The summed E-state index contributed by atoms with van der Waals surface area (Å²) >= 11 is 0. The number of benzene rings is 1. The van der Waals surface area contributed by atoms with E-state index in [1.54, 1.807) is 12.1 Å². The van der Waals surface area contributed by atoms with Crippen molar-refractivity contribution in [3.05, 3.63) is 35.4 Å². The minimum Gasteiger partial charge on any atom is -0.490 e. The first-order valence-corrected chi connectivity index (χ1v) is 9.48. The van der Waals surface area contributed by atoms with E-state index < -0.39 is 11.6 Å². The third-order valence-corrected chi connectivity index (χ3v) is 5.75. The van der Waals surface area contributed by atoms with Crippen LogP contribution in [0, 0.1) is 29.4 Å². The standard InChI is InChI=1S/C21H28F2O/c1-3-5-13-24-19-12-11-18(20(22)21(19)23)17-10-9-15-14(6-4-2)7-8-16(15)17/h10-12,14-16H,3-9,13H2,1-2H3. The number of hydrogen-bond acceptors (Lipinski definition) is 1. The van der Waals surface area contributed by atoms with Gasteiger partial charge in [0.15, 0.2) is 11.6 Å². The van der Waals surface area contributed by atoms with E-state index in [1.807, 2.05) is 6.92 Å². The predicted octanol–water partition coefficient (Wildman–Crippen LogP) is 6.37. The molecule has 0 saturated heterocycles. The van der Waals surface area contributed by atoms with Crippen molar-refractivity contribution in [3.8, 4) is 5.75 Å². The van der Waals surface area contributed by atoms with E-state index in [1.165, 1.54) is 19.3 Å². The summed E-state index contributed by atoms with van der Waals surface area (Å²) in [6.07, 6.45) is 9.76. The summed E-state index contributed by atoms with van der Waals surface area (Å²) in [5, 5.41) is 0. The van der Waals surface area contributed by atoms with Crippen molar-refractivity contribution in [3.63, 3.8) is 0 Å². The van der Waals surface area contributed by atoms with Crippen LogP contribution in [0.5, 0.6) is 5.75 Å². The van der Waals surface area contributed by atoms with E-state index in [4.69, 9.17) is 4.74 Å². The molecule has 3 heteroatoms. The number of hydrogen-bond donors (Lipinski definition) is 0. The van der Waals surface area contributed by atoms with Gasteiger partial charge in [-0.1, -0.05) is 39.2 Å². The van der Waals surface area contributed by atoms with Crippen molar-refractivity contribution in [2.45, 2.75) is 58.8 Å². The summed E-state index contributed by atoms with van der Waals surface area (Å²) in [5.74, 6) is 0.240. The molecule has 1 fully saturated rings. The van der Waals surface area contributed by atoms with Crippen LogP contribution in [0.25, 0.3) is 5.57 Å². The van der Waals surface area contributed by atoms with Gasteiger partial charge in [-0.05, 0) is 61.1 Å². The molecule has 0 radical (unpaired) electrons. The second-order valence-electron chi connectivity index (χ2n) is 7.23. The maximum absolute atomic E-state index is 14.6. The van der Waals surface area contributed by atoms with Crippen LogP contribution in [0.4, 0.5) is 8.78 Å². The van der Waals surface area contributed by atoms with Gasteiger partial charge in [0.05, 0.1) is 6.61 Å². The number of unbranched alkanes of at least 4 members (excludes halogenated alkanes) is 1. The normalized spacial score (nSPS) is 25.7. The quantitative estimate of drug-likeness (QED) is 0.526. The molecule has 2 aliphatic carbocycles. The SMILES string of the molecule is CCCCOc1ccc(C2=CCC3C(CCC)CCC23)c(F)c1F. The zero-order chi connectivity index (χ0) is 17.1. The van der Waals surface area contributed by atoms with Gasteiger partial charge in [0.1, 0.15) is 0 Å². The molecule has 0 N–H and O–H groups in total. The van der Waals surface area contributed by atoms with Gasteiger partial charge in [-0.2, -0.15) is 4.39 Å². The van der Waals surface area contributed by atoms with Crippen LogP contribution < -0.4 is 4.74 Å². The summed E-state index contributed by atoms with van der Waals surface area (Å²) in [7, 11) is 0. The molecule has 1 nitrogen and oxygen atoms in total. The molecule has 0 spiro atoms. The Kier molecular flexibility index (Phi) is 5.57. The smallest absolute Gasteiger partial charge is 0.201 e. The zero-order valence-corrected chi connectivity index (χ0v) is 14.8. The van der Waals surface area contributed by atoms with Crippen LogP contribution in [-0.2, 0) is 0 Å². The number of ether oxygens (including phenoxy) is 1. The molecule has 1 saturated carbocycles. The van der Waals surface area contributed by atoms with Gasteiger partial charge < -0.3 is 4.74 Å². The van der Waals surface area contributed by atoms with Gasteiger partial charge in [-0.3, -0.25) is 0 Å². The number of halogens is 2. The highest BCUT2D eigenvalue weighted by Gasteiger charge is 2.41. The van der Waals surface area contributed by atoms with Gasteiger partial charge in [0, 0.05) is 5.56 Å². The molecular weight excluding hydrogens is 306 g/mol. The molecule has 0 bridgehead atoms. The average molecular weight is 334 g/mol. The molecule has 132 valence electrons. The van der Waals surface area contributed by atoms with Gasteiger partial charge in [0.25, 0.3) is 0 Å². The number of fused-ring (bicyclic) bond motifs is 1. The Hall–Kier alpha value is -1.38. The minimum absolute atomic E-state index is 0.0372. The average Bonchev–Trinajstić information content (AvgIpc) is 3.16. The van der Waals surface area contributed by atoms with Crippen LogP contribution in [0.3, 0.4) is 0 Å². The van der Waals surface area contributed by atoms with E-state index >= 15 is 0 Å². The maximum Gasteiger partial charge on any atom is 0.201 e. The van der Waals surface area contributed by atoms with E-state index in [2.05, 4.69) is 13.0 Å². The highest BCUT2D eigenvalue weighted by molar-refractivity contribution is 5.71. The zero-order valence-electron chi connectivity index (χ0n) is 14.8. The van der Waals surface area contributed by atoms with Crippen molar-refractivity contribution in [2.24, 2.45) is 17.8 Å². The van der Waals surface area contributed by atoms with Crippen LogP contribution in [0.15, 0.2) is 18.2 Å². The first-order chi connectivity index (χ1) is 11.7. The molecule has 2 aliphatic rings. The molecule has 3 unspecified atom stereocenters. The summed E-state index contributed by atoms with van der Waals surface area (Å²) in [6.45, 7) is 4.70. The van der Waals surface area contributed by atoms with Gasteiger partial charge in [-0.15, -0.1) is 0 Å². The lowest BCUT2D eigenvalue weighted by atomic mass is 9.85. The van der Waals surface area contributed by atoms with Gasteiger partial charge in [0.2, 0.25) is 5.82 Å². The van der Waals surface area contributed by atoms with Crippen molar-refractivity contribution in [2.75, 3.05) is 6.61 Å². The Morgan fingerprint density at radius 3 is 2.67 bits per heavy atom. The van der Waals surface area contributed by atoms with E-state index in [9.17, 15) is 8.78 Å². The second kappa shape index (κ2) is 7.67. The molecule has 0 amide bonds. The molecule has 1 aromatic rings. The first-order valence-electron chi connectivity index (χ1n) is 9.48. The molecule has 3 atom stereocenters. The molecule has 0 aromatic heterocycles. The van der Waals surface area contributed by atoms with Crippen molar-refractivity contribution >= 4 is 5.57 Å². The Labute approximate surface area is 144 Å². The highest BCUT2D eigenvalue weighted by Crippen LogP contribution is 2.52. The Morgan fingerprint density at radius 1 is 1.08 bits per heavy atom. The summed E-state index contributed by atoms with van der Waals surface area (Å²) < 4.78 is 34.4. The molecule has 0 heterocycles. The lowest BCUT2D eigenvalue weighted by Crippen LogP contribution is -2.11. The molecule has 1 aromatic carbocycles. The van der Waals surface area contributed by atoms with Crippen LogP contribution in [-0.4, -0.2) is 6.61 Å². The lowest BCUT2D eigenvalue weighted by molar-refractivity contribution is 0.288. The van der Waals surface area contributed by atoms with E-state index in [0.29, 0.717) is 24.0 Å². The molecule has 24 heavy (non-hydrogen) atoms. The Morgan fingerprint density at radius 2 is 1.92 bits per heavy atom. The van der Waals surface area contributed by atoms with Crippen LogP contribution in [0.1, 0.15) is 64.4 Å². The van der Waals surface area contributed by atoms with Crippen molar-refractivity contribution in [1.82, 2.24) is 0 Å². The summed E-state index contributed by atoms with van der Waals surface area (Å²) in [4.78, 5) is 0. The Bertz CT molecular complexity index is 608. The topological polar surface area (TPSA) is 9.23 Å². The predicted molar refractivity (Wildman–Crippen MR) is 94.0 cm³/mol. The summed E-state index contributed by atoms with van der Waals surface area (Å²) in [5.41, 5.74) is 1.47. The molecular formula is C21H28F2O. The highest BCUT2D eigenvalue weighted by atomic mass is 19.2. The van der Waals surface area contributed by atoms with Crippen LogP contribution >= 0.6 is 0 Å². The minimum atomic E-state index is -0.837. The fraction of sp³-hybridized carbons (Fsp3) is 0.619. The first kappa shape index (κ1) is 17.4. The maximum atomic E-state index is 14.6. The van der Waals surface area contributed by atoms with Gasteiger partial charge in [-0.25, -0.2) is 4.39 Å². The van der Waals surface area contributed by atoms with E-state index in [-0.39, 0.29) is 5.75 Å². The summed E-state index contributed by atoms with van der Waals surface area (Å²) in [6, 6.07) is 3.30. The largest absolute Gasteiger partial charge is 0.490 e. The Balaban J connectivity index is 1.77. The fourth-order valence-corrected chi connectivity index (χ4v) is 4.54. The monoisotopic (exact) mass is 334 g/mol. The second-order valence-corrected chi connectivity index (χ2v) is 7.23. The van der Waals surface area contributed by atoms with E-state index in [0.717, 1.165) is 37.2 Å². The fourth-order valence-electron chi connectivity index (χ4n) is 4.54. The van der Waals surface area contributed by atoms with Gasteiger partial charge >= 0.3 is 0 Å². The molecule has 0 aliphatic heterocycles.